The third-order valence-corrected chi connectivity index (χ3v) is 5.53. The maximum atomic E-state index is 4.77. The second-order valence-corrected chi connectivity index (χ2v) is 8.47. The zero-order chi connectivity index (χ0) is 21.3. The first-order valence-corrected chi connectivity index (χ1v) is 10.7. The van der Waals surface area contributed by atoms with Crippen LogP contribution in [-0.2, 0) is 0 Å². The standard InChI is InChI=1S/C27H29N3/c1-18(2)21-11-13-23(14-12-21)27-28-20(5)29-30(27)26-16-15-24(17-25(26)19(3)4)22-9-7-6-8-10-22/h6-19H,1-5H3. The lowest BCUT2D eigenvalue weighted by molar-refractivity contribution is 0.806. The molecular weight excluding hydrogens is 366 g/mol. The average molecular weight is 396 g/mol. The largest absolute Gasteiger partial charge is 0.213 e. The Morgan fingerprint density at radius 2 is 1.37 bits per heavy atom. The Bertz CT molecular complexity index is 1140. The van der Waals surface area contributed by atoms with Gasteiger partial charge in [0.05, 0.1) is 5.69 Å². The van der Waals surface area contributed by atoms with E-state index in [1.54, 1.807) is 0 Å². The average Bonchev–Trinajstić information content (AvgIpc) is 3.15. The number of aromatic nitrogens is 3. The summed E-state index contributed by atoms with van der Waals surface area (Å²) >= 11 is 0. The van der Waals surface area contributed by atoms with Crippen molar-refractivity contribution >= 4 is 0 Å². The van der Waals surface area contributed by atoms with Gasteiger partial charge in [0.2, 0.25) is 0 Å². The lowest BCUT2D eigenvalue weighted by Gasteiger charge is -2.16. The molecule has 0 fully saturated rings. The van der Waals surface area contributed by atoms with Crippen LogP contribution in [-0.4, -0.2) is 14.8 Å². The Kier molecular flexibility index (Phi) is 5.54. The van der Waals surface area contributed by atoms with E-state index in [0.717, 1.165) is 22.9 Å². The van der Waals surface area contributed by atoms with Gasteiger partial charge >= 0.3 is 0 Å². The highest BCUT2D eigenvalue weighted by atomic mass is 15.3. The molecular formula is C27H29N3. The van der Waals surface area contributed by atoms with Crippen molar-refractivity contribution in [3.05, 3.63) is 89.7 Å². The molecule has 0 spiro atoms. The Balaban J connectivity index is 1.83. The van der Waals surface area contributed by atoms with E-state index in [1.807, 2.05) is 11.6 Å². The molecule has 0 aliphatic carbocycles. The summed E-state index contributed by atoms with van der Waals surface area (Å²) in [5.74, 6) is 2.54. The van der Waals surface area contributed by atoms with E-state index in [2.05, 4.69) is 100 Å². The van der Waals surface area contributed by atoms with Crippen molar-refractivity contribution < 1.29 is 0 Å². The van der Waals surface area contributed by atoms with Gasteiger partial charge in [-0.1, -0.05) is 88.4 Å². The highest BCUT2D eigenvalue weighted by Gasteiger charge is 2.17. The second-order valence-electron chi connectivity index (χ2n) is 8.47. The van der Waals surface area contributed by atoms with Gasteiger partial charge in [-0.3, -0.25) is 0 Å². The summed E-state index contributed by atoms with van der Waals surface area (Å²) in [4.78, 5) is 4.76. The molecule has 30 heavy (non-hydrogen) atoms. The SMILES string of the molecule is Cc1nc(-c2ccc(C(C)C)cc2)n(-c2ccc(-c3ccccc3)cc2C(C)C)n1. The van der Waals surface area contributed by atoms with Crippen LogP contribution in [0.4, 0.5) is 0 Å². The molecule has 0 saturated carbocycles. The van der Waals surface area contributed by atoms with E-state index in [0.29, 0.717) is 11.8 Å². The fourth-order valence-corrected chi connectivity index (χ4v) is 3.81. The molecule has 0 saturated heterocycles. The molecule has 0 aliphatic heterocycles. The number of hydrogen-bond acceptors (Lipinski definition) is 2. The van der Waals surface area contributed by atoms with Crippen molar-refractivity contribution in [3.8, 4) is 28.2 Å². The van der Waals surface area contributed by atoms with Crippen LogP contribution in [0, 0.1) is 6.92 Å². The molecule has 3 aromatic carbocycles. The second kappa shape index (κ2) is 8.27. The lowest BCUT2D eigenvalue weighted by Crippen LogP contribution is -2.05. The zero-order valence-corrected chi connectivity index (χ0v) is 18.4. The molecule has 3 nitrogen and oxygen atoms in total. The molecule has 0 atom stereocenters. The number of hydrogen-bond donors (Lipinski definition) is 0. The van der Waals surface area contributed by atoms with E-state index in [1.165, 1.54) is 22.3 Å². The van der Waals surface area contributed by atoms with Crippen molar-refractivity contribution in [2.75, 3.05) is 0 Å². The lowest BCUT2D eigenvalue weighted by atomic mass is 9.95. The molecule has 0 bridgehead atoms. The van der Waals surface area contributed by atoms with Crippen molar-refractivity contribution in [1.82, 2.24) is 14.8 Å². The van der Waals surface area contributed by atoms with Crippen LogP contribution in [0.1, 0.15) is 56.5 Å². The summed E-state index contributed by atoms with van der Waals surface area (Å²) < 4.78 is 2.00. The van der Waals surface area contributed by atoms with Gasteiger partial charge in [0.1, 0.15) is 5.82 Å². The van der Waals surface area contributed by atoms with E-state index in [9.17, 15) is 0 Å². The van der Waals surface area contributed by atoms with Gasteiger partial charge in [-0.2, -0.15) is 5.10 Å². The van der Waals surface area contributed by atoms with E-state index in [-0.39, 0.29) is 0 Å². The van der Waals surface area contributed by atoms with Crippen molar-refractivity contribution in [2.24, 2.45) is 0 Å². The number of rotatable bonds is 5. The number of benzene rings is 3. The Hall–Kier alpha value is -3.20. The summed E-state index contributed by atoms with van der Waals surface area (Å²) in [5, 5.41) is 4.77. The van der Waals surface area contributed by atoms with Gasteiger partial charge in [-0.15, -0.1) is 0 Å². The van der Waals surface area contributed by atoms with Crippen LogP contribution >= 0.6 is 0 Å². The molecule has 1 aromatic heterocycles. The summed E-state index contributed by atoms with van der Waals surface area (Å²) in [6.07, 6.45) is 0. The number of nitrogens with zero attached hydrogens (tertiary/aromatic N) is 3. The highest BCUT2D eigenvalue weighted by Crippen LogP contribution is 2.32. The molecule has 0 N–H and O–H groups in total. The molecule has 4 aromatic rings. The Labute approximate surface area is 179 Å². The van der Waals surface area contributed by atoms with Crippen LogP contribution in [0.15, 0.2) is 72.8 Å². The molecule has 152 valence electrons. The molecule has 3 heteroatoms. The molecule has 0 radical (unpaired) electrons. The molecule has 1 heterocycles. The molecule has 0 unspecified atom stereocenters. The van der Waals surface area contributed by atoms with Crippen molar-refractivity contribution in [2.45, 2.75) is 46.5 Å². The summed E-state index contributed by atoms with van der Waals surface area (Å²) in [6, 6.07) is 25.9. The topological polar surface area (TPSA) is 30.7 Å². The zero-order valence-electron chi connectivity index (χ0n) is 18.4. The predicted molar refractivity (Wildman–Crippen MR) is 125 cm³/mol. The number of aryl methyl sites for hydroxylation is 1. The summed E-state index contributed by atoms with van der Waals surface area (Å²) in [7, 11) is 0. The smallest absolute Gasteiger partial charge is 0.163 e. The van der Waals surface area contributed by atoms with Gasteiger partial charge < -0.3 is 0 Å². The van der Waals surface area contributed by atoms with Crippen LogP contribution in [0.5, 0.6) is 0 Å². The minimum absolute atomic E-state index is 0.365. The first-order valence-electron chi connectivity index (χ1n) is 10.7. The minimum atomic E-state index is 0.365. The third-order valence-electron chi connectivity index (χ3n) is 5.53. The first-order chi connectivity index (χ1) is 14.4. The van der Waals surface area contributed by atoms with Crippen molar-refractivity contribution in [3.63, 3.8) is 0 Å². The van der Waals surface area contributed by atoms with E-state index >= 15 is 0 Å². The van der Waals surface area contributed by atoms with Crippen LogP contribution in [0.3, 0.4) is 0 Å². The van der Waals surface area contributed by atoms with Gasteiger partial charge in [-0.05, 0) is 53.1 Å². The van der Waals surface area contributed by atoms with Crippen LogP contribution in [0.2, 0.25) is 0 Å². The van der Waals surface area contributed by atoms with Crippen LogP contribution in [0.25, 0.3) is 28.2 Å². The van der Waals surface area contributed by atoms with Gasteiger partial charge in [0, 0.05) is 5.56 Å². The van der Waals surface area contributed by atoms with Gasteiger partial charge in [0.25, 0.3) is 0 Å². The van der Waals surface area contributed by atoms with E-state index in [4.69, 9.17) is 10.1 Å². The quantitative estimate of drug-likeness (QED) is 0.359. The predicted octanol–water partition coefficient (Wildman–Crippen LogP) is 7.16. The molecule has 4 rings (SSSR count). The maximum Gasteiger partial charge on any atom is 0.163 e. The fourth-order valence-electron chi connectivity index (χ4n) is 3.81. The fraction of sp³-hybridized carbons (Fsp3) is 0.259. The Morgan fingerprint density at radius 1 is 0.700 bits per heavy atom. The summed E-state index contributed by atoms with van der Waals surface area (Å²) in [6.45, 7) is 10.8. The summed E-state index contributed by atoms with van der Waals surface area (Å²) in [5.41, 5.74) is 7.22. The highest BCUT2D eigenvalue weighted by molar-refractivity contribution is 5.68. The van der Waals surface area contributed by atoms with Gasteiger partial charge in [-0.25, -0.2) is 9.67 Å². The van der Waals surface area contributed by atoms with Gasteiger partial charge in [0.15, 0.2) is 5.82 Å². The minimum Gasteiger partial charge on any atom is -0.213 e. The van der Waals surface area contributed by atoms with Crippen LogP contribution < -0.4 is 0 Å². The maximum absolute atomic E-state index is 4.77. The monoisotopic (exact) mass is 395 g/mol. The molecule has 0 amide bonds. The van der Waals surface area contributed by atoms with Crippen molar-refractivity contribution in [1.29, 1.82) is 0 Å². The third kappa shape index (κ3) is 3.93. The van der Waals surface area contributed by atoms with E-state index < -0.39 is 0 Å². The Morgan fingerprint density at radius 3 is 2.00 bits per heavy atom. The normalized spacial score (nSPS) is 11.4. The molecule has 0 aliphatic rings. The first kappa shape index (κ1) is 20.1.